The predicted molar refractivity (Wildman–Crippen MR) is 126 cm³/mol. The molecule has 0 saturated carbocycles. The number of para-hydroxylation sites is 2. The summed E-state index contributed by atoms with van der Waals surface area (Å²) in [5.74, 6) is 0.704. The summed E-state index contributed by atoms with van der Waals surface area (Å²) in [6.45, 7) is 4.38. The van der Waals surface area contributed by atoms with Crippen LogP contribution in [0.25, 0.3) is 21.9 Å². The zero-order chi connectivity index (χ0) is 22.4. The number of halogens is 1. The summed E-state index contributed by atoms with van der Waals surface area (Å²) >= 11 is 3.44. The topological polar surface area (TPSA) is 107 Å². The van der Waals surface area contributed by atoms with Crippen molar-refractivity contribution in [2.24, 2.45) is 11.8 Å². The number of nitrogens with one attached hydrogen (secondary N) is 3. The second kappa shape index (κ2) is 8.05. The monoisotopic (exact) mass is 494 g/mol. The Hall–Kier alpha value is -3.20. The number of rotatable bonds is 5. The van der Waals surface area contributed by atoms with Crippen LogP contribution < -0.4 is 10.2 Å². The van der Waals surface area contributed by atoms with Crippen molar-refractivity contribution < 1.29 is 9.59 Å². The molecule has 3 heterocycles. The van der Waals surface area contributed by atoms with E-state index in [2.05, 4.69) is 41.4 Å². The molecule has 164 valence electrons. The van der Waals surface area contributed by atoms with Gasteiger partial charge in [-0.2, -0.15) is 5.10 Å². The van der Waals surface area contributed by atoms with Crippen molar-refractivity contribution in [3.63, 3.8) is 0 Å². The zero-order valence-electron chi connectivity index (χ0n) is 17.7. The highest BCUT2D eigenvalue weighted by Crippen LogP contribution is 2.32. The van der Waals surface area contributed by atoms with Crippen LogP contribution in [-0.2, 0) is 9.59 Å². The van der Waals surface area contributed by atoms with Gasteiger partial charge in [-0.15, -0.1) is 0 Å². The minimum Gasteiger partial charge on any atom is -0.346 e. The first-order chi connectivity index (χ1) is 15.4. The molecule has 4 aromatic rings. The third kappa shape index (κ3) is 3.66. The molecule has 2 amide bonds. The van der Waals surface area contributed by atoms with E-state index in [1.165, 1.54) is 0 Å². The number of hydrogen-bond acceptors (Lipinski definition) is 4. The first kappa shape index (κ1) is 20.7. The fraction of sp³-hybridized carbons (Fsp3) is 0.304. The van der Waals surface area contributed by atoms with Crippen LogP contribution in [0.3, 0.4) is 0 Å². The van der Waals surface area contributed by atoms with Gasteiger partial charge in [-0.05, 0) is 36.2 Å². The van der Waals surface area contributed by atoms with Gasteiger partial charge in [0.15, 0.2) is 5.82 Å². The van der Waals surface area contributed by atoms with E-state index in [0.29, 0.717) is 12.4 Å². The Morgan fingerprint density at radius 2 is 2.03 bits per heavy atom. The molecule has 0 spiro atoms. The van der Waals surface area contributed by atoms with Crippen LogP contribution in [0.4, 0.5) is 5.82 Å². The average Bonchev–Trinajstić information content (AvgIpc) is 3.47. The largest absolute Gasteiger partial charge is 0.346 e. The van der Waals surface area contributed by atoms with Gasteiger partial charge in [-0.25, -0.2) is 4.98 Å². The van der Waals surface area contributed by atoms with E-state index < -0.39 is 5.92 Å². The Balaban J connectivity index is 1.35. The van der Waals surface area contributed by atoms with Gasteiger partial charge in [0.1, 0.15) is 5.82 Å². The van der Waals surface area contributed by atoms with Gasteiger partial charge < -0.3 is 10.3 Å². The van der Waals surface area contributed by atoms with Crippen LogP contribution >= 0.6 is 15.9 Å². The molecule has 8 nitrogen and oxygen atoms in total. The molecule has 2 aromatic heterocycles. The van der Waals surface area contributed by atoms with Crippen LogP contribution in [-0.4, -0.2) is 38.5 Å². The van der Waals surface area contributed by atoms with Gasteiger partial charge in [0.25, 0.3) is 0 Å². The smallest absolute Gasteiger partial charge is 0.229 e. The number of aromatic amines is 2. The van der Waals surface area contributed by atoms with Gasteiger partial charge in [-0.3, -0.25) is 19.6 Å². The van der Waals surface area contributed by atoms with Gasteiger partial charge in [-0.1, -0.05) is 41.9 Å². The first-order valence-electron chi connectivity index (χ1n) is 10.6. The van der Waals surface area contributed by atoms with Crippen molar-refractivity contribution in [3.05, 3.63) is 52.8 Å². The van der Waals surface area contributed by atoms with Gasteiger partial charge in [0, 0.05) is 22.8 Å². The third-order valence-corrected chi connectivity index (χ3v) is 6.42. The first-order valence-corrected chi connectivity index (χ1v) is 11.4. The number of imidazole rings is 1. The van der Waals surface area contributed by atoms with Crippen molar-refractivity contribution in [1.29, 1.82) is 0 Å². The minimum absolute atomic E-state index is 0.105. The van der Waals surface area contributed by atoms with E-state index in [4.69, 9.17) is 0 Å². The van der Waals surface area contributed by atoms with E-state index in [9.17, 15) is 9.59 Å². The van der Waals surface area contributed by atoms with Crippen molar-refractivity contribution in [2.75, 3.05) is 11.4 Å². The number of fused-ring (bicyclic) bond motifs is 2. The van der Waals surface area contributed by atoms with E-state index >= 15 is 0 Å². The lowest BCUT2D eigenvalue weighted by atomic mass is 10.0. The molecule has 0 aliphatic carbocycles. The molecular formula is C23H23BrN6O2. The lowest BCUT2D eigenvalue weighted by molar-refractivity contribution is -0.127. The molecule has 1 fully saturated rings. The molecule has 9 heteroatoms. The summed E-state index contributed by atoms with van der Waals surface area (Å²) in [5, 5.41) is 11.3. The molecule has 32 heavy (non-hydrogen) atoms. The van der Waals surface area contributed by atoms with E-state index in [1.807, 2.05) is 56.3 Å². The second-order valence-corrected chi connectivity index (χ2v) is 9.43. The highest BCUT2D eigenvalue weighted by atomic mass is 79.9. The maximum atomic E-state index is 13.2. The van der Waals surface area contributed by atoms with Crippen LogP contribution in [0.2, 0.25) is 0 Å². The molecule has 3 N–H and O–H groups in total. The van der Waals surface area contributed by atoms with E-state index in [-0.39, 0.29) is 30.2 Å². The van der Waals surface area contributed by atoms with Crippen molar-refractivity contribution in [2.45, 2.75) is 26.3 Å². The van der Waals surface area contributed by atoms with Crippen LogP contribution in [0.15, 0.2) is 46.9 Å². The molecular weight excluding hydrogens is 472 g/mol. The minimum atomic E-state index is -0.449. The standard InChI is InChI=1S/C23H23BrN6O2/c1-12(2)20(21-25-16-5-3-4-6-17(16)26-21)27-23(32)13-9-19(31)30(11-13)22-15-8-7-14(24)10-18(15)28-29-22/h3-8,10,12-13,20H,9,11H2,1-2H3,(H,25,26)(H,27,32)(H,28,29). The summed E-state index contributed by atoms with van der Waals surface area (Å²) in [6, 6.07) is 13.2. The molecule has 5 rings (SSSR count). The lowest BCUT2D eigenvalue weighted by Crippen LogP contribution is -2.38. The predicted octanol–water partition coefficient (Wildman–Crippen LogP) is 4.07. The Morgan fingerprint density at radius 1 is 1.22 bits per heavy atom. The quantitative estimate of drug-likeness (QED) is 0.388. The highest BCUT2D eigenvalue weighted by Gasteiger charge is 2.38. The Labute approximate surface area is 192 Å². The number of nitrogens with zero attached hydrogens (tertiary/aromatic N) is 3. The van der Waals surface area contributed by atoms with E-state index in [1.54, 1.807) is 4.90 Å². The highest BCUT2D eigenvalue weighted by molar-refractivity contribution is 9.10. The zero-order valence-corrected chi connectivity index (χ0v) is 19.3. The number of aromatic nitrogens is 4. The van der Waals surface area contributed by atoms with E-state index in [0.717, 1.165) is 32.2 Å². The number of benzene rings is 2. The number of hydrogen-bond donors (Lipinski definition) is 3. The molecule has 1 saturated heterocycles. The molecule has 2 unspecified atom stereocenters. The third-order valence-electron chi connectivity index (χ3n) is 5.92. The van der Waals surface area contributed by atoms with Gasteiger partial charge >= 0.3 is 0 Å². The SMILES string of the molecule is CC(C)C(NC(=O)C1CC(=O)N(c2n[nH]c3cc(Br)ccc23)C1)c1nc2ccccc2[nH]1. The number of anilines is 1. The molecule has 1 aliphatic heterocycles. The van der Waals surface area contributed by atoms with Crippen molar-refractivity contribution >= 4 is 55.5 Å². The molecule has 0 bridgehead atoms. The number of amides is 2. The summed E-state index contributed by atoms with van der Waals surface area (Å²) in [4.78, 5) is 35.5. The van der Waals surface area contributed by atoms with Gasteiger partial charge in [0.2, 0.25) is 11.8 Å². The molecule has 2 atom stereocenters. The maximum Gasteiger partial charge on any atom is 0.229 e. The fourth-order valence-corrected chi connectivity index (χ4v) is 4.57. The lowest BCUT2D eigenvalue weighted by Gasteiger charge is -2.22. The Kier molecular flexibility index (Phi) is 5.21. The molecule has 0 radical (unpaired) electrons. The number of carbonyl (C=O) groups is 2. The fourth-order valence-electron chi connectivity index (χ4n) is 4.21. The number of H-pyrrole nitrogens is 2. The molecule has 2 aromatic carbocycles. The van der Waals surface area contributed by atoms with Crippen molar-refractivity contribution in [3.8, 4) is 0 Å². The average molecular weight is 495 g/mol. The summed E-state index contributed by atoms with van der Waals surface area (Å²) in [7, 11) is 0. The van der Waals surface area contributed by atoms with Crippen molar-refractivity contribution in [1.82, 2.24) is 25.5 Å². The summed E-state index contributed by atoms with van der Waals surface area (Å²) in [5.41, 5.74) is 2.63. The Bertz CT molecular complexity index is 1290. The van der Waals surface area contributed by atoms with Crippen LogP contribution in [0.5, 0.6) is 0 Å². The maximum absolute atomic E-state index is 13.2. The summed E-state index contributed by atoms with van der Waals surface area (Å²) < 4.78 is 0.926. The Morgan fingerprint density at radius 3 is 2.81 bits per heavy atom. The van der Waals surface area contributed by atoms with Gasteiger partial charge in [0.05, 0.1) is 28.5 Å². The van der Waals surface area contributed by atoms with Crippen LogP contribution in [0, 0.1) is 11.8 Å². The second-order valence-electron chi connectivity index (χ2n) is 8.51. The summed E-state index contributed by atoms with van der Waals surface area (Å²) in [6.07, 6.45) is 0.154. The van der Waals surface area contributed by atoms with Crippen LogP contribution in [0.1, 0.15) is 32.1 Å². The normalized spacial score (nSPS) is 17.6. The number of carbonyl (C=O) groups excluding carboxylic acids is 2. The molecule has 1 aliphatic rings.